The van der Waals surface area contributed by atoms with E-state index in [9.17, 15) is 19.8 Å². The van der Waals surface area contributed by atoms with Crippen molar-refractivity contribution in [2.75, 3.05) is 0 Å². The zero-order valence-corrected chi connectivity index (χ0v) is 27.2. The summed E-state index contributed by atoms with van der Waals surface area (Å²) in [7, 11) is -2.88. The number of Topliss-reactive ketones (excluding diaryl/α,β-unsaturated/α-hetero) is 1. The van der Waals surface area contributed by atoms with Gasteiger partial charge in [0.05, 0.1) is 0 Å². The van der Waals surface area contributed by atoms with Crippen LogP contribution in [0.5, 0.6) is 0 Å². The fraction of sp³-hybridized carbons (Fsp3) is 0.625. The average Bonchev–Trinajstić information content (AvgIpc) is 3.51. The van der Waals surface area contributed by atoms with Gasteiger partial charge < -0.3 is 34.2 Å². The first kappa shape index (κ1) is 32.6. The summed E-state index contributed by atoms with van der Waals surface area (Å²) in [4.78, 5) is 28.4. The molecule has 3 aliphatic heterocycles. The molecule has 0 aliphatic carbocycles. The molecule has 0 aromatic heterocycles. The third-order valence-corrected chi connectivity index (χ3v) is 15.2. The molecule has 1 amide bonds. The third kappa shape index (κ3) is 4.99. The first-order chi connectivity index (χ1) is 19.7. The first-order valence-electron chi connectivity index (χ1n) is 15.1. The van der Waals surface area contributed by atoms with Crippen LogP contribution in [0.15, 0.2) is 53.8 Å². The summed E-state index contributed by atoms with van der Waals surface area (Å²) in [6.45, 7) is 17.7. The van der Waals surface area contributed by atoms with E-state index < -0.39 is 62.0 Å². The number of allylic oxidation sites excluding steroid dienone is 1. The van der Waals surface area contributed by atoms with E-state index in [2.05, 4.69) is 46.9 Å². The highest BCUT2D eigenvalue weighted by molar-refractivity contribution is 6.77. The molecule has 3 heterocycles. The van der Waals surface area contributed by atoms with Crippen molar-refractivity contribution < 1.29 is 38.4 Å². The zero-order valence-electron chi connectivity index (χ0n) is 26.2. The lowest BCUT2D eigenvalue weighted by molar-refractivity contribution is -0.182. The Bertz CT molecular complexity index is 1210. The van der Waals surface area contributed by atoms with Crippen molar-refractivity contribution in [3.8, 4) is 0 Å². The Hall–Kier alpha value is -2.34. The largest absolute Gasteiger partial charge is 0.467 e. The smallest absolute Gasteiger partial charge is 0.277 e. The molecular formula is C32H47NO8Si. The number of rotatable bonds is 10. The van der Waals surface area contributed by atoms with Crippen LogP contribution in [-0.2, 0) is 28.2 Å². The summed E-state index contributed by atoms with van der Waals surface area (Å²) in [5, 5.41) is 26.6. The molecule has 10 heteroatoms. The highest BCUT2D eigenvalue weighted by Crippen LogP contribution is 2.52. The lowest BCUT2D eigenvalue weighted by Crippen LogP contribution is -2.65. The van der Waals surface area contributed by atoms with Gasteiger partial charge in [-0.1, -0.05) is 91.0 Å². The van der Waals surface area contributed by atoms with Gasteiger partial charge in [-0.15, -0.1) is 0 Å². The molecule has 2 saturated heterocycles. The van der Waals surface area contributed by atoms with Crippen LogP contribution in [0.4, 0.5) is 0 Å². The van der Waals surface area contributed by atoms with Crippen molar-refractivity contribution in [3.05, 3.63) is 59.4 Å². The fourth-order valence-electron chi connectivity index (χ4n) is 7.17. The molecule has 0 radical (unpaired) electrons. The van der Waals surface area contributed by atoms with E-state index in [4.69, 9.17) is 18.6 Å². The lowest BCUT2D eigenvalue weighted by atomic mass is 9.84. The Labute approximate surface area is 250 Å². The van der Waals surface area contributed by atoms with Gasteiger partial charge in [-0.05, 0) is 42.5 Å². The van der Waals surface area contributed by atoms with Crippen LogP contribution in [0.25, 0.3) is 0 Å². The topological polar surface area (TPSA) is 124 Å². The number of carbonyl (C=O) groups is 2. The van der Waals surface area contributed by atoms with Crippen LogP contribution in [0.3, 0.4) is 0 Å². The van der Waals surface area contributed by atoms with Gasteiger partial charge in [0.25, 0.3) is 11.5 Å². The summed E-state index contributed by atoms with van der Waals surface area (Å²) in [5.74, 6) is -1.32. The van der Waals surface area contributed by atoms with Crippen LogP contribution in [-0.4, -0.2) is 66.1 Å². The van der Waals surface area contributed by atoms with E-state index in [1.165, 1.54) is 0 Å². The second-order valence-corrected chi connectivity index (χ2v) is 18.0. The summed E-state index contributed by atoms with van der Waals surface area (Å²) < 4.78 is 25.5. The van der Waals surface area contributed by atoms with E-state index >= 15 is 0 Å². The summed E-state index contributed by atoms with van der Waals surface area (Å²) in [6, 6.07) is 8.54. The molecule has 4 rings (SSSR count). The molecule has 3 N–H and O–H groups in total. The SMILES string of the molecule is CC/C=C\[C@@H]1O[C@H](C)O[C@@H]1C1=C(C)C(=O)[C@]2(O1)C(=O)N[C@@](O)(C(O)c1ccccc1)[C@@H]2O[Si](C(C)C)(C(C)C)C(C)C. The standard InChI is InChI=1S/C32H47NO8Si/c1-10-11-17-24-26(39-22(9)38-24)25-21(8)27(34)31(40-25)29(41-42(18(2)3,19(4)5)20(6)7)32(37,33-30(31)36)28(35)23-15-13-12-14-16-23/h11-20,22,24,26,28-29,35,37H,10H2,1-9H3,(H,33,36)/b17-11-/t22-,24-,26-,28?,29+,31+,32+/m0/s1. The van der Waals surface area contributed by atoms with Crippen molar-refractivity contribution in [2.24, 2.45) is 0 Å². The first-order valence-corrected chi connectivity index (χ1v) is 17.2. The number of amides is 1. The molecule has 2 fully saturated rings. The molecule has 9 nitrogen and oxygen atoms in total. The monoisotopic (exact) mass is 601 g/mol. The van der Waals surface area contributed by atoms with Crippen molar-refractivity contribution in [1.29, 1.82) is 0 Å². The number of benzene rings is 1. The van der Waals surface area contributed by atoms with Crippen LogP contribution >= 0.6 is 0 Å². The molecule has 7 atom stereocenters. The molecule has 0 bridgehead atoms. The minimum atomic E-state index is -2.88. The van der Waals surface area contributed by atoms with Crippen molar-refractivity contribution in [3.63, 3.8) is 0 Å². The van der Waals surface area contributed by atoms with E-state index in [0.717, 1.165) is 6.42 Å². The molecule has 1 aromatic rings. The number of hydrogen-bond acceptors (Lipinski definition) is 8. The maximum absolute atomic E-state index is 14.3. The van der Waals surface area contributed by atoms with E-state index in [1.54, 1.807) is 44.2 Å². The Morgan fingerprint density at radius 1 is 1.05 bits per heavy atom. The summed E-state index contributed by atoms with van der Waals surface area (Å²) >= 11 is 0. The van der Waals surface area contributed by atoms with Gasteiger partial charge >= 0.3 is 0 Å². The Morgan fingerprint density at radius 3 is 2.19 bits per heavy atom. The number of carbonyl (C=O) groups excluding carboxylic acids is 2. The van der Waals surface area contributed by atoms with Gasteiger partial charge in [0.2, 0.25) is 14.1 Å². The van der Waals surface area contributed by atoms with Gasteiger partial charge in [-0.3, -0.25) is 9.59 Å². The normalized spacial score (nSPS) is 32.7. The molecule has 3 aliphatic rings. The van der Waals surface area contributed by atoms with Gasteiger partial charge in [-0.2, -0.15) is 0 Å². The Morgan fingerprint density at radius 2 is 1.64 bits per heavy atom. The number of aliphatic hydroxyl groups excluding tert-OH is 1. The molecular weight excluding hydrogens is 554 g/mol. The maximum Gasteiger partial charge on any atom is 0.277 e. The molecule has 1 aromatic carbocycles. The quantitative estimate of drug-likeness (QED) is 0.198. The molecule has 232 valence electrons. The van der Waals surface area contributed by atoms with Crippen LogP contribution in [0.2, 0.25) is 16.6 Å². The minimum absolute atomic E-state index is 0.0457. The van der Waals surface area contributed by atoms with Crippen LogP contribution in [0, 0.1) is 0 Å². The Kier molecular flexibility index (Phi) is 9.29. The number of hydrogen-bond donors (Lipinski definition) is 3. The van der Waals surface area contributed by atoms with E-state index in [1.807, 2.05) is 19.1 Å². The predicted molar refractivity (Wildman–Crippen MR) is 161 cm³/mol. The van der Waals surface area contributed by atoms with Gasteiger partial charge in [-0.25, -0.2) is 0 Å². The van der Waals surface area contributed by atoms with Crippen LogP contribution in [0.1, 0.15) is 80.4 Å². The van der Waals surface area contributed by atoms with E-state index in [-0.39, 0.29) is 28.0 Å². The second-order valence-electron chi connectivity index (χ2n) is 12.6. The van der Waals surface area contributed by atoms with Crippen molar-refractivity contribution in [1.82, 2.24) is 5.32 Å². The summed E-state index contributed by atoms with van der Waals surface area (Å²) in [6.07, 6.45) is -0.485. The zero-order chi connectivity index (χ0) is 31.2. The minimum Gasteiger partial charge on any atom is -0.467 e. The molecule has 42 heavy (non-hydrogen) atoms. The lowest BCUT2D eigenvalue weighted by Gasteiger charge is -2.48. The maximum atomic E-state index is 14.3. The fourth-order valence-corrected chi connectivity index (χ4v) is 12.7. The Balaban J connectivity index is 1.88. The molecule has 0 saturated carbocycles. The van der Waals surface area contributed by atoms with Gasteiger partial charge in [0.1, 0.15) is 24.1 Å². The number of ketones is 1. The third-order valence-electron chi connectivity index (χ3n) is 9.11. The second kappa shape index (κ2) is 12.0. The van der Waals surface area contributed by atoms with Crippen molar-refractivity contribution >= 4 is 20.0 Å². The van der Waals surface area contributed by atoms with E-state index in [0.29, 0.717) is 5.56 Å². The predicted octanol–water partition coefficient (Wildman–Crippen LogP) is 4.81. The number of nitrogens with one attached hydrogen (secondary N) is 1. The highest BCUT2D eigenvalue weighted by Gasteiger charge is 2.75. The average molecular weight is 602 g/mol. The number of ether oxygens (including phenoxy) is 3. The number of aliphatic hydroxyl groups is 2. The summed E-state index contributed by atoms with van der Waals surface area (Å²) in [5.41, 5.74) is -3.95. The van der Waals surface area contributed by atoms with Gasteiger partial charge in [0.15, 0.2) is 18.1 Å². The highest BCUT2D eigenvalue weighted by atomic mass is 28.4. The molecule has 1 spiro atoms. The van der Waals surface area contributed by atoms with Gasteiger partial charge in [0, 0.05) is 5.57 Å². The molecule has 1 unspecified atom stereocenters. The van der Waals surface area contributed by atoms with Crippen LogP contribution < -0.4 is 5.32 Å². The van der Waals surface area contributed by atoms with Crippen molar-refractivity contribution in [2.45, 2.75) is 127 Å².